The van der Waals surface area contributed by atoms with Crippen molar-refractivity contribution in [3.63, 3.8) is 0 Å². The van der Waals surface area contributed by atoms with Crippen molar-refractivity contribution in [2.45, 2.75) is 31.5 Å². The van der Waals surface area contributed by atoms with E-state index in [1.807, 2.05) is 0 Å². The van der Waals surface area contributed by atoms with Crippen molar-refractivity contribution in [1.29, 1.82) is 0 Å². The van der Waals surface area contributed by atoms with Crippen LogP contribution in [0, 0.1) is 11.8 Å². The summed E-state index contributed by atoms with van der Waals surface area (Å²) in [5, 5.41) is 0. The monoisotopic (exact) mass is 168 g/mol. The number of cyclic esters (lactones) is 1. The van der Waals surface area contributed by atoms with Crippen LogP contribution in [0.4, 0.5) is 0 Å². The molecule has 3 heteroatoms. The lowest BCUT2D eigenvalue weighted by molar-refractivity contribution is -0.148. The summed E-state index contributed by atoms with van der Waals surface area (Å²) in [6, 6.07) is 0. The van der Waals surface area contributed by atoms with Crippen LogP contribution >= 0.6 is 0 Å². The molecule has 0 spiro atoms. The Morgan fingerprint density at radius 2 is 2.17 bits per heavy atom. The first-order valence-electron chi connectivity index (χ1n) is 4.65. The lowest BCUT2D eigenvalue weighted by Gasteiger charge is -2.25. The van der Waals surface area contributed by atoms with E-state index in [1.54, 1.807) is 0 Å². The van der Waals surface area contributed by atoms with Crippen molar-refractivity contribution in [2.75, 3.05) is 6.61 Å². The number of ether oxygens (including phenoxy) is 2. The molecular formula is C9H12O3. The Hall–Kier alpha value is -0.570. The summed E-state index contributed by atoms with van der Waals surface area (Å²) in [5.74, 6) is 0.609. The van der Waals surface area contributed by atoms with Crippen molar-refractivity contribution in [2.24, 2.45) is 11.8 Å². The van der Waals surface area contributed by atoms with Gasteiger partial charge in [-0.05, 0) is 25.2 Å². The van der Waals surface area contributed by atoms with E-state index in [4.69, 9.17) is 9.47 Å². The highest BCUT2D eigenvalue weighted by Crippen LogP contribution is 2.42. The topological polar surface area (TPSA) is 35.5 Å². The molecule has 3 aliphatic rings. The first-order valence-corrected chi connectivity index (χ1v) is 4.65. The average Bonchev–Trinajstić information content (AvgIpc) is 2.32. The van der Waals surface area contributed by atoms with Crippen LogP contribution in [0.15, 0.2) is 0 Å². The second-order valence-corrected chi connectivity index (χ2v) is 4.11. The highest BCUT2D eigenvalue weighted by atomic mass is 16.5. The van der Waals surface area contributed by atoms with Crippen molar-refractivity contribution in [3.05, 3.63) is 0 Å². The van der Waals surface area contributed by atoms with E-state index in [2.05, 4.69) is 0 Å². The fourth-order valence-corrected chi connectivity index (χ4v) is 2.69. The highest BCUT2D eigenvalue weighted by molar-refractivity contribution is 5.74. The Kier molecular flexibility index (Phi) is 1.28. The minimum Gasteiger partial charge on any atom is -0.465 e. The summed E-state index contributed by atoms with van der Waals surface area (Å²) >= 11 is 0. The number of carbonyl (C=O) groups excluding carboxylic acids is 1. The fraction of sp³-hybridized carbons (Fsp3) is 0.889. The maximum absolute atomic E-state index is 11.4. The number of fused-ring (bicyclic) bond motifs is 2. The number of rotatable bonds is 0. The van der Waals surface area contributed by atoms with Gasteiger partial charge in [-0.2, -0.15) is 0 Å². The lowest BCUT2D eigenvalue weighted by Crippen LogP contribution is -2.26. The van der Waals surface area contributed by atoms with E-state index >= 15 is 0 Å². The summed E-state index contributed by atoms with van der Waals surface area (Å²) in [4.78, 5) is 11.4. The molecule has 3 nitrogen and oxygen atoms in total. The van der Waals surface area contributed by atoms with Crippen LogP contribution < -0.4 is 0 Å². The summed E-state index contributed by atoms with van der Waals surface area (Å²) < 4.78 is 10.8. The molecule has 3 aliphatic heterocycles. The molecule has 12 heavy (non-hydrogen) atoms. The second kappa shape index (κ2) is 2.22. The first-order chi connectivity index (χ1) is 5.83. The zero-order chi connectivity index (χ0) is 8.13. The molecule has 0 aliphatic carbocycles. The summed E-state index contributed by atoms with van der Waals surface area (Å²) in [5.41, 5.74) is 0. The van der Waals surface area contributed by atoms with Crippen LogP contribution in [0.5, 0.6) is 0 Å². The predicted octanol–water partition coefficient (Wildman–Crippen LogP) is 0.727. The third-order valence-corrected chi connectivity index (χ3v) is 3.26. The van der Waals surface area contributed by atoms with Gasteiger partial charge in [0.15, 0.2) is 0 Å². The van der Waals surface area contributed by atoms with Crippen LogP contribution in [0.25, 0.3) is 0 Å². The molecular weight excluding hydrogens is 156 g/mol. The number of hydrogen-bond donors (Lipinski definition) is 0. The van der Waals surface area contributed by atoms with E-state index < -0.39 is 0 Å². The minimum atomic E-state index is -0.0234. The van der Waals surface area contributed by atoms with Gasteiger partial charge < -0.3 is 9.47 Å². The Morgan fingerprint density at radius 1 is 1.25 bits per heavy atom. The van der Waals surface area contributed by atoms with Gasteiger partial charge in [0.2, 0.25) is 0 Å². The van der Waals surface area contributed by atoms with Crippen LogP contribution in [0.3, 0.4) is 0 Å². The van der Waals surface area contributed by atoms with Gasteiger partial charge in [-0.3, -0.25) is 4.79 Å². The molecule has 3 saturated heterocycles. The first kappa shape index (κ1) is 6.89. The molecule has 4 unspecified atom stereocenters. The van der Waals surface area contributed by atoms with E-state index in [9.17, 15) is 4.79 Å². The van der Waals surface area contributed by atoms with E-state index in [0.29, 0.717) is 18.6 Å². The van der Waals surface area contributed by atoms with Crippen molar-refractivity contribution >= 4 is 5.97 Å². The van der Waals surface area contributed by atoms with Crippen LogP contribution in [-0.2, 0) is 14.3 Å². The summed E-state index contributed by atoms with van der Waals surface area (Å²) in [6.45, 7) is 0.631. The van der Waals surface area contributed by atoms with Crippen LogP contribution in [0.1, 0.15) is 19.3 Å². The van der Waals surface area contributed by atoms with Gasteiger partial charge in [0, 0.05) is 0 Å². The molecule has 3 bridgehead atoms. The largest absolute Gasteiger partial charge is 0.465 e. The minimum absolute atomic E-state index is 0.0234. The Bertz CT molecular complexity index is 226. The highest BCUT2D eigenvalue weighted by Gasteiger charge is 2.48. The molecule has 3 rings (SSSR count). The molecule has 0 N–H and O–H groups in total. The molecule has 3 heterocycles. The van der Waals surface area contributed by atoms with E-state index in [-0.39, 0.29) is 18.0 Å². The van der Waals surface area contributed by atoms with Gasteiger partial charge in [0.05, 0.1) is 24.7 Å². The SMILES string of the molecule is O=C1OCC2CC3CC1C(C2)O3. The summed E-state index contributed by atoms with van der Waals surface area (Å²) in [6.07, 6.45) is 3.57. The van der Waals surface area contributed by atoms with Crippen LogP contribution in [0.2, 0.25) is 0 Å². The number of carbonyl (C=O) groups is 1. The van der Waals surface area contributed by atoms with Gasteiger partial charge in [-0.15, -0.1) is 0 Å². The lowest BCUT2D eigenvalue weighted by atomic mass is 9.96. The average molecular weight is 168 g/mol. The van der Waals surface area contributed by atoms with Crippen molar-refractivity contribution < 1.29 is 14.3 Å². The normalized spacial score (nSPS) is 50.5. The van der Waals surface area contributed by atoms with Crippen molar-refractivity contribution in [3.8, 4) is 0 Å². The maximum Gasteiger partial charge on any atom is 0.311 e. The zero-order valence-electron chi connectivity index (χ0n) is 6.86. The van der Waals surface area contributed by atoms with Gasteiger partial charge in [-0.25, -0.2) is 0 Å². The Balaban J connectivity index is 1.95. The molecule has 4 atom stereocenters. The predicted molar refractivity (Wildman–Crippen MR) is 40.5 cm³/mol. The number of hydrogen-bond acceptors (Lipinski definition) is 3. The van der Waals surface area contributed by atoms with Gasteiger partial charge in [0.1, 0.15) is 0 Å². The molecule has 0 amide bonds. The van der Waals surface area contributed by atoms with Crippen LogP contribution in [-0.4, -0.2) is 24.8 Å². The standard InChI is InChI=1S/C9H12O3/c10-9-7-3-6-1-5(4-11-9)2-8(7)12-6/h5-8H,1-4H2. The second-order valence-electron chi connectivity index (χ2n) is 4.11. The fourth-order valence-electron chi connectivity index (χ4n) is 2.69. The smallest absolute Gasteiger partial charge is 0.311 e. The molecule has 0 aromatic carbocycles. The summed E-state index contributed by atoms with van der Waals surface area (Å²) in [7, 11) is 0. The van der Waals surface area contributed by atoms with E-state index in [0.717, 1.165) is 19.3 Å². The van der Waals surface area contributed by atoms with Gasteiger partial charge in [-0.1, -0.05) is 0 Å². The molecule has 0 saturated carbocycles. The van der Waals surface area contributed by atoms with Gasteiger partial charge >= 0.3 is 5.97 Å². The third-order valence-electron chi connectivity index (χ3n) is 3.26. The quantitative estimate of drug-likeness (QED) is 0.500. The van der Waals surface area contributed by atoms with E-state index in [1.165, 1.54) is 0 Å². The molecule has 0 aromatic heterocycles. The molecule has 0 aromatic rings. The Labute approximate surface area is 71.0 Å². The number of esters is 1. The third kappa shape index (κ3) is 0.829. The van der Waals surface area contributed by atoms with Gasteiger partial charge in [0.25, 0.3) is 0 Å². The molecule has 0 radical (unpaired) electrons. The molecule has 66 valence electrons. The zero-order valence-corrected chi connectivity index (χ0v) is 6.86. The maximum atomic E-state index is 11.4. The Morgan fingerprint density at radius 3 is 3.08 bits per heavy atom. The molecule has 3 fully saturated rings. The van der Waals surface area contributed by atoms with Crippen molar-refractivity contribution in [1.82, 2.24) is 0 Å².